The van der Waals surface area contributed by atoms with Gasteiger partial charge in [0.05, 0.1) is 5.69 Å². The molecule has 2 amide bonds. The summed E-state index contributed by atoms with van der Waals surface area (Å²) in [6.07, 6.45) is 0.381. The number of alkyl halides is 3. The minimum absolute atomic E-state index is 0.0687. The highest BCUT2D eigenvalue weighted by molar-refractivity contribution is 8.00. The molecule has 0 atom stereocenters. The summed E-state index contributed by atoms with van der Waals surface area (Å²) < 4.78 is 36.9. The molecule has 0 fully saturated rings. The minimum Gasteiger partial charge on any atom is -0.396 e. The van der Waals surface area contributed by atoms with Crippen molar-refractivity contribution in [2.45, 2.75) is 16.8 Å². The molecule has 1 rings (SSSR count). The van der Waals surface area contributed by atoms with Crippen molar-refractivity contribution < 1.29 is 23.1 Å². The maximum atomic E-state index is 12.3. The first-order valence-electron chi connectivity index (χ1n) is 5.43. The van der Waals surface area contributed by atoms with Gasteiger partial charge in [-0.15, -0.1) is 0 Å². The zero-order chi connectivity index (χ0) is 14.3. The van der Waals surface area contributed by atoms with E-state index in [0.29, 0.717) is 6.42 Å². The lowest BCUT2D eigenvalue weighted by atomic mass is 10.3. The van der Waals surface area contributed by atoms with Crippen LogP contribution in [0.4, 0.5) is 23.7 Å². The third kappa shape index (κ3) is 6.35. The smallest absolute Gasteiger partial charge is 0.396 e. The number of carbonyl (C=O) groups excluding carboxylic acids is 1. The van der Waals surface area contributed by atoms with E-state index in [2.05, 4.69) is 10.6 Å². The molecule has 1 aromatic carbocycles. The van der Waals surface area contributed by atoms with E-state index in [1.54, 1.807) is 0 Å². The van der Waals surface area contributed by atoms with Crippen molar-refractivity contribution >= 4 is 23.5 Å². The first kappa shape index (κ1) is 15.6. The van der Waals surface area contributed by atoms with E-state index in [1.807, 2.05) is 0 Å². The molecule has 0 aliphatic carbocycles. The highest BCUT2D eigenvalue weighted by atomic mass is 32.2. The molecule has 0 unspecified atom stereocenters. The van der Waals surface area contributed by atoms with E-state index < -0.39 is 11.5 Å². The standard InChI is InChI=1S/C11H13F3N2O2S/c12-11(13,14)19-9-5-2-1-4-8(9)16-10(18)15-6-3-7-17/h1-2,4-5,17H,3,6-7H2,(H2,15,16,18). The topological polar surface area (TPSA) is 61.4 Å². The van der Waals surface area contributed by atoms with Crippen molar-refractivity contribution in [3.8, 4) is 0 Å². The summed E-state index contributed by atoms with van der Waals surface area (Å²) in [6.45, 7) is 0.178. The number of halogens is 3. The zero-order valence-electron chi connectivity index (χ0n) is 9.83. The van der Waals surface area contributed by atoms with Crippen molar-refractivity contribution in [3.05, 3.63) is 24.3 Å². The van der Waals surface area contributed by atoms with Gasteiger partial charge in [-0.05, 0) is 30.3 Å². The quantitative estimate of drug-likeness (QED) is 0.578. The van der Waals surface area contributed by atoms with Crippen LogP contribution in [0, 0.1) is 0 Å². The number of thioether (sulfide) groups is 1. The van der Waals surface area contributed by atoms with Crippen LogP contribution < -0.4 is 10.6 Å². The summed E-state index contributed by atoms with van der Waals surface area (Å²) >= 11 is -0.285. The van der Waals surface area contributed by atoms with Gasteiger partial charge < -0.3 is 15.7 Å². The molecular formula is C11H13F3N2O2S. The molecule has 8 heteroatoms. The largest absolute Gasteiger partial charge is 0.446 e. The third-order valence-electron chi connectivity index (χ3n) is 1.98. The van der Waals surface area contributed by atoms with Gasteiger partial charge in [0.2, 0.25) is 0 Å². The van der Waals surface area contributed by atoms with Gasteiger partial charge in [0.1, 0.15) is 0 Å². The van der Waals surface area contributed by atoms with E-state index in [4.69, 9.17) is 5.11 Å². The Hall–Kier alpha value is -1.41. The number of amides is 2. The fourth-order valence-electron chi connectivity index (χ4n) is 1.23. The van der Waals surface area contributed by atoms with Gasteiger partial charge in [0.25, 0.3) is 0 Å². The van der Waals surface area contributed by atoms with Crippen LogP contribution in [0.5, 0.6) is 0 Å². The molecule has 106 valence electrons. The molecule has 0 aromatic heterocycles. The number of hydrogen-bond donors (Lipinski definition) is 3. The minimum atomic E-state index is -4.41. The molecule has 0 saturated carbocycles. The Bertz CT molecular complexity index is 427. The molecule has 0 bridgehead atoms. The maximum Gasteiger partial charge on any atom is 0.446 e. The molecule has 0 radical (unpaired) electrons. The van der Waals surface area contributed by atoms with Gasteiger partial charge in [0.15, 0.2) is 0 Å². The van der Waals surface area contributed by atoms with E-state index in [-0.39, 0.29) is 35.5 Å². The summed E-state index contributed by atoms with van der Waals surface area (Å²) in [5.74, 6) is 0. The lowest BCUT2D eigenvalue weighted by Gasteiger charge is -2.12. The molecule has 3 N–H and O–H groups in total. The van der Waals surface area contributed by atoms with Crippen LogP contribution in [-0.2, 0) is 0 Å². The van der Waals surface area contributed by atoms with Gasteiger partial charge >= 0.3 is 11.5 Å². The molecule has 0 spiro atoms. The van der Waals surface area contributed by atoms with Crippen molar-refractivity contribution in [2.75, 3.05) is 18.5 Å². The maximum absolute atomic E-state index is 12.3. The molecule has 0 saturated heterocycles. The number of anilines is 1. The molecular weight excluding hydrogens is 281 g/mol. The Balaban J connectivity index is 2.64. The number of aliphatic hydroxyl groups is 1. The van der Waals surface area contributed by atoms with Gasteiger partial charge in [0, 0.05) is 18.0 Å². The first-order valence-corrected chi connectivity index (χ1v) is 6.24. The van der Waals surface area contributed by atoms with Crippen LogP contribution in [0.3, 0.4) is 0 Å². The van der Waals surface area contributed by atoms with Crippen LogP contribution in [0.25, 0.3) is 0 Å². The summed E-state index contributed by atoms with van der Waals surface area (Å²) in [7, 11) is 0. The zero-order valence-corrected chi connectivity index (χ0v) is 10.6. The Morgan fingerprint density at radius 3 is 2.63 bits per heavy atom. The number of rotatable bonds is 5. The van der Waals surface area contributed by atoms with Crippen LogP contribution in [-0.4, -0.2) is 29.8 Å². The average Bonchev–Trinajstić information content (AvgIpc) is 2.30. The number of para-hydroxylation sites is 1. The van der Waals surface area contributed by atoms with Crippen LogP contribution in [0.2, 0.25) is 0 Å². The number of nitrogens with one attached hydrogen (secondary N) is 2. The highest BCUT2D eigenvalue weighted by Crippen LogP contribution is 2.40. The summed E-state index contributed by atoms with van der Waals surface area (Å²) in [5.41, 5.74) is -4.32. The number of carbonyl (C=O) groups is 1. The van der Waals surface area contributed by atoms with Crippen molar-refractivity contribution in [3.63, 3.8) is 0 Å². The fraction of sp³-hybridized carbons (Fsp3) is 0.364. The normalized spacial score (nSPS) is 11.2. The van der Waals surface area contributed by atoms with Crippen LogP contribution in [0.15, 0.2) is 29.2 Å². The SMILES string of the molecule is O=C(NCCCO)Nc1ccccc1SC(F)(F)F. The van der Waals surface area contributed by atoms with Gasteiger partial charge in [-0.3, -0.25) is 0 Å². The van der Waals surface area contributed by atoms with Crippen molar-refractivity contribution in [1.82, 2.24) is 5.32 Å². The molecule has 4 nitrogen and oxygen atoms in total. The summed E-state index contributed by atoms with van der Waals surface area (Å²) in [5, 5.41) is 13.3. The van der Waals surface area contributed by atoms with Crippen LogP contribution >= 0.6 is 11.8 Å². The second-order valence-corrected chi connectivity index (χ2v) is 4.61. The Morgan fingerprint density at radius 1 is 1.32 bits per heavy atom. The van der Waals surface area contributed by atoms with Gasteiger partial charge in [-0.25, -0.2) is 4.79 Å². The van der Waals surface area contributed by atoms with Gasteiger partial charge in [-0.1, -0.05) is 12.1 Å². The van der Waals surface area contributed by atoms with E-state index in [1.165, 1.54) is 24.3 Å². The molecule has 1 aromatic rings. The van der Waals surface area contributed by atoms with Gasteiger partial charge in [-0.2, -0.15) is 13.2 Å². The third-order valence-corrected chi connectivity index (χ3v) is 2.79. The van der Waals surface area contributed by atoms with E-state index >= 15 is 0 Å². The average molecular weight is 294 g/mol. The Kier molecular flexibility index (Phi) is 5.97. The first-order chi connectivity index (χ1) is 8.92. The predicted molar refractivity (Wildman–Crippen MR) is 67.1 cm³/mol. The monoisotopic (exact) mass is 294 g/mol. The number of aliphatic hydroxyl groups excluding tert-OH is 1. The number of benzene rings is 1. The number of hydrogen-bond acceptors (Lipinski definition) is 3. The molecule has 19 heavy (non-hydrogen) atoms. The Morgan fingerprint density at radius 2 is 2.00 bits per heavy atom. The predicted octanol–water partition coefficient (Wildman–Crippen LogP) is 2.80. The second-order valence-electron chi connectivity index (χ2n) is 3.50. The summed E-state index contributed by atoms with van der Waals surface area (Å²) in [4.78, 5) is 11.3. The van der Waals surface area contributed by atoms with E-state index in [9.17, 15) is 18.0 Å². The summed E-state index contributed by atoms with van der Waals surface area (Å²) in [6, 6.07) is 5.05. The molecule has 0 heterocycles. The second kappa shape index (κ2) is 7.25. The molecule has 0 aliphatic heterocycles. The lowest BCUT2D eigenvalue weighted by molar-refractivity contribution is -0.0328. The lowest BCUT2D eigenvalue weighted by Crippen LogP contribution is -2.30. The van der Waals surface area contributed by atoms with Crippen molar-refractivity contribution in [2.24, 2.45) is 0 Å². The van der Waals surface area contributed by atoms with Crippen molar-refractivity contribution in [1.29, 1.82) is 0 Å². The highest BCUT2D eigenvalue weighted by Gasteiger charge is 2.30. The van der Waals surface area contributed by atoms with Crippen LogP contribution in [0.1, 0.15) is 6.42 Å². The fourth-order valence-corrected chi connectivity index (χ4v) is 1.86. The number of urea groups is 1. The molecule has 0 aliphatic rings. The van der Waals surface area contributed by atoms with E-state index in [0.717, 1.165) is 0 Å². The Labute approximate surface area is 112 Å².